The minimum absolute atomic E-state index is 0.366. The maximum Gasteiger partial charge on any atom is 0.153 e. The zero-order valence-corrected chi connectivity index (χ0v) is 7.32. The van der Waals surface area contributed by atoms with E-state index in [2.05, 4.69) is 23.8 Å². The van der Waals surface area contributed by atoms with Crippen molar-refractivity contribution in [3.05, 3.63) is 23.8 Å². The van der Waals surface area contributed by atoms with Crippen molar-refractivity contribution in [3.63, 3.8) is 0 Å². The van der Waals surface area contributed by atoms with Crippen molar-refractivity contribution in [2.45, 2.75) is 26.2 Å². The van der Waals surface area contributed by atoms with Crippen molar-refractivity contribution in [2.75, 3.05) is 0 Å². The van der Waals surface area contributed by atoms with Crippen molar-refractivity contribution in [1.82, 2.24) is 9.97 Å². The summed E-state index contributed by atoms with van der Waals surface area (Å²) in [4.78, 5) is 18.4. The van der Waals surface area contributed by atoms with Gasteiger partial charge in [0.15, 0.2) is 6.29 Å². The van der Waals surface area contributed by atoms with Crippen LogP contribution in [0.5, 0.6) is 0 Å². The molecule has 0 saturated carbocycles. The average molecular weight is 164 g/mol. The van der Waals surface area contributed by atoms with Gasteiger partial charge >= 0.3 is 0 Å². The third-order valence-corrected chi connectivity index (χ3v) is 1.88. The van der Waals surface area contributed by atoms with E-state index in [1.807, 2.05) is 0 Å². The highest BCUT2D eigenvalue weighted by atomic mass is 16.1. The van der Waals surface area contributed by atoms with E-state index in [0.717, 1.165) is 18.5 Å². The van der Waals surface area contributed by atoms with E-state index < -0.39 is 0 Å². The predicted octanol–water partition coefficient (Wildman–Crippen LogP) is 1.80. The number of carbonyl (C=O) groups is 1. The number of carbonyl (C=O) groups excluding carboxylic acids is 1. The van der Waals surface area contributed by atoms with E-state index >= 15 is 0 Å². The summed E-state index contributed by atoms with van der Waals surface area (Å²) in [5, 5.41) is 0. The highest BCUT2D eigenvalue weighted by Crippen LogP contribution is 2.12. The van der Waals surface area contributed by atoms with Crippen molar-refractivity contribution < 1.29 is 4.79 Å². The van der Waals surface area contributed by atoms with E-state index in [4.69, 9.17) is 0 Å². The lowest BCUT2D eigenvalue weighted by atomic mass is 10.1. The Hall–Kier alpha value is -1.25. The Labute approximate surface area is 71.9 Å². The van der Waals surface area contributed by atoms with Gasteiger partial charge in [-0.1, -0.05) is 13.8 Å². The summed E-state index contributed by atoms with van der Waals surface area (Å²) >= 11 is 0. The molecule has 0 aromatic carbocycles. The Bertz CT molecular complexity index is 256. The predicted molar refractivity (Wildman–Crippen MR) is 46.1 cm³/mol. The molecule has 0 aliphatic rings. The molecule has 12 heavy (non-hydrogen) atoms. The molecule has 1 rings (SSSR count). The maximum atomic E-state index is 10.3. The van der Waals surface area contributed by atoms with E-state index in [9.17, 15) is 4.79 Å². The summed E-state index contributed by atoms with van der Waals surface area (Å²) in [6.07, 6.45) is 4.88. The molecule has 1 atom stereocenters. The van der Waals surface area contributed by atoms with Crippen molar-refractivity contribution in [2.24, 2.45) is 0 Å². The Balaban J connectivity index is 2.84. The van der Waals surface area contributed by atoms with Crippen LogP contribution in [0.15, 0.2) is 12.4 Å². The molecule has 64 valence electrons. The summed E-state index contributed by atoms with van der Waals surface area (Å²) in [6.45, 7) is 4.15. The van der Waals surface area contributed by atoms with Gasteiger partial charge in [0.05, 0.1) is 5.56 Å². The summed E-state index contributed by atoms with van der Waals surface area (Å²) in [6, 6.07) is 0. The number of aldehydes is 1. The number of hydrogen-bond donors (Lipinski definition) is 0. The van der Waals surface area contributed by atoms with Gasteiger partial charge in [-0.2, -0.15) is 0 Å². The Kier molecular flexibility index (Phi) is 2.91. The molecule has 3 heteroatoms. The van der Waals surface area contributed by atoms with Crippen LogP contribution in [-0.4, -0.2) is 16.3 Å². The third kappa shape index (κ3) is 1.87. The van der Waals surface area contributed by atoms with Crippen LogP contribution < -0.4 is 0 Å². The monoisotopic (exact) mass is 164 g/mol. The molecule has 1 unspecified atom stereocenters. The first-order valence-corrected chi connectivity index (χ1v) is 4.05. The number of rotatable bonds is 3. The summed E-state index contributed by atoms with van der Waals surface area (Å²) in [5.74, 6) is 1.17. The number of aromatic nitrogens is 2. The summed E-state index contributed by atoms with van der Waals surface area (Å²) in [5.41, 5.74) is 0.530. The molecule has 0 N–H and O–H groups in total. The lowest BCUT2D eigenvalue weighted by molar-refractivity contribution is 0.112. The zero-order chi connectivity index (χ0) is 8.97. The standard InChI is InChI=1S/C9H12N2O/c1-3-7(2)9-10-4-8(6-12)5-11-9/h4-7H,3H2,1-2H3. The van der Waals surface area contributed by atoms with Crippen LogP contribution in [0, 0.1) is 0 Å². The topological polar surface area (TPSA) is 42.9 Å². The zero-order valence-electron chi connectivity index (χ0n) is 7.32. The fourth-order valence-electron chi connectivity index (χ4n) is 0.846. The van der Waals surface area contributed by atoms with Gasteiger partial charge in [0, 0.05) is 18.3 Å². The van der Waals surface area contributed by atoms with E-state index in [1.54, 1.807) is 12.4 Å². The molecule has 0 bridgehead atoms. The SMILES string of the molecule is CCC(C)c1ncc(C=O)cn1. The Morgan fingerprint density at radius 2 is 2.08 bits per heavy atom. The van der Waals surface area contributed by atoms with Gasteiger partial charge in [0.25, 0.3) is 0 Å². The van der Waals surface area contributed by atoms with Crippen LogP contribution in [0.1, 0.15) is 42.4 Å². The molecule has 0 saturated heterocycles. The first-order chi connectivity index (χ1) is 5.77. The molecule has 0 amide bonds. The molecule has 1 aromatic heterocycles. The largest absolute Gasteiger partial charge is 0.298 e. The minimum atomic E-state index is 0.366. The van der Waals surface area contributed by atoms with Gasteiger partial charge in [0.1, 0.15) is 5.82 Å². The molecule has 1 heterocycles. The fraction of sp³-hybridized carbons (Fsp3) is 0.444. The molecule has 0 aliphatic carbocycles. The molecule has 0 radical (unpaired) electrons. The van der Waals surface area contributed by atoms with Crippen molar-refractivity contribution >= 4 is 6.29 Å². The highest BCUT2D eigenvalue weighted by molar-refractivity contribution is 5.73. The van der Waals surface area contributed by atoms with Gasteiger partial charge in [0.2, 0.25) is 0 Å². The van der Waals surface area contributed by atoms with E-state index in [-0.39, 0.29) is 0 Å². The second kappa shape index (κ2) is 3.95. The van der Waals surface area contributed by atoms with E-state index in [1.165, 1.54) is 0 Å². The summed E-state index contributed by atoms with van der Waals surface area (Å²) in [7, 11) is 0. The maximum absolute atomic E-state index is 10.3. The Morgan fingerprint density at radius 1 is 1.50 bits per heavy atom. The average Bonchev–Trinajstić information content (AvgIpc) is 2.17. The highest BCUT2D eigenvalue weighted by Gasteiger charge is 2.04. The van der Waals surface area contributed by atoms with Gasteiger partial charge in [-0.25, -0.2) is 9.97 Å². The smallest absolute Gasteiger partial charge is 0.153 e. The second-order valence-electron chi connectivity index (χ2n) is 2.80. The molecular formula is C9H12N2O. The van der Waals surface area contributed by atoms with Gasteiger partial charge in [-0.05, 0) is 6.42 Å². The number of nitrogens with zero attached hydrogens (tertiary/aromatic N) is 2. The molecular weight excluding hydrogens is 152 g/mol. The molecule has 0 fully saturated rings. The molecule has 1 aromatic rings. The second-order valence-corrected chi connectivity index (χ2v) is 2.80. The minimum Gasteiger partial charge on any atom is -0.298 e. The quantitative estimate of drug-likeness (QED) is 0.640. The van der Waals surface area contributed by atoms with Gasteiger partial charge in [-0.15, -0.1) is 0 Å². The molecule has 3 nitrogen and oxygen atoms in total. The third-order valence-electron chi connectivity index (χ3n) is 1.88. The van der Waals surface area contributed by atoms with Crippen LogP contribution in [0.4, 0.5) is 0 Å². The molecule has 0 spiro atoms. The normalized spacial score (nSPS) is 12.5. The first-order valence-electron chi connectivity index (χ1n) is 4.05. The van der Waals surface area contributed by atoms with Crippen LogP contribution in [-0.2, 0) is 0 Å². The van der Waals surface area contributed by atoms with Crippen LogP contribution in [0.3, 0.4) is 0 Å². The van der Waals surface area contributed by atoms with Crippen LogP contribution in [0.2, 0.25) is 0 Å². The lowest BCUT2D eigenvalue weighted by Crippen LogP contribution is -1.99. The van der Waals surface area contributed by atoms with Crippen molar-refractivity contribution in [3.8, 4) is 0 Å². The van der Waals surface area contributed by atoms with Gasteiger partial charge in [-0.3, -0.25) is 4.79 Å². The van der Waals surface area contributed by atoms with Crippen LogP contribution in [0.25, 0.3) is 0 Å². The van der Waals surface area contributed by atoms with E-state index in [0.29, 0.717) is 11.5 Å². The number of hydrogen-bond acceptors (Lipinski definition) is 3. The molecule has 0 aliphatic heterocycles. The Morgan fingerprint density at radius 3 is 2.50 bits per heavy atom. The lowest BCUT2D eigenvalue weighted by Gasteiger charge is -2.04. The van der Waals surface area contributed by atoms with Gasteiger partial charge < -0.3 is 0 Å². The fourth-order valence-corrected chi connectivity index (χ4v) is 0.846. The van der Waals surface area contributed by atoms with Crippen LogP contribution >= 0.6 is 0 Å². The van der Waals surface area contributed by atoms with Crippen molar-refractivity contribution in [1.29, 1.82) is 0 Å². The first kappa shape index (κ1) is 8.84. The summed E-state index contributed by atoms with van der Waals surface area (Å²) < 4.78 is 0.